The van der Waals surface area contributed by atoms with Gasteiger partial charge < -0.3 is 11.1 Å². The van der Waals surface area contributed by atoms with E-state index in [1.165, 1.54) is 12.1 Å². The summed E-state index contributed by atoms with van der Waals surface area (Å²) in [4.78, 5) is 12.0. The third-order valence-electron chi connectivity index (χ3n) is 3.32. The maximum atomic E-state index is 13.7. The van der Waals surface area contributed by atoms with E-state index in [-0.39, 0.29) is 23.0 Å². The van der Waals surface area contributed by atoms with Gasteiger partial charge in [0, 0.05) is 6.54 Å². The Morgan fingerprint density at radius 1 is 1.42 bits per heavy atom. The Morgan fingerprint density at radius 2 is 2.00 bits per heavy atom. The molecule has 0 aliphatic rings. The topological polar surface area (TPSA) is 55.1 Å². The van der Waals surface area contributed by atoms with Crippen LogP contribution in [0.15, 0.2) is 18.2 Å². The minimum atomic E-state index is -0.699. The Kier molecular flexibility index (Phi) is 7.34. The van der Waals surface area contributed by atoms with Crippen molar-refractivity contribution in [3.63, 3.8) is 0 Å². The van der Waals surface area contributed by atoms with Crippen LogP contribution in [0.4, 0.5) is 4.39 Å². The molecule has 1 rings (SSSR count). The molecule has 3 nitrogen and oxygen atoms in total. The number of carbonyl (C=O) groups excluding carboxylic acids is 1. The molecule has 1 aromatic carbocycles. The summed E-state index contributed by atoms with van der Waals surface area (Å²) in [6.07, 6.45) is 1.38. The molecule has 0 heterocycles. The van der Waals surface area contributed by atoms with Crippen molar-refractivity contribution in [3.8, 4) is 0 Å². The van der Waals surface area contributed by atoms with Crippen LogP contribution in [0, 0.1) is 5.82 Å². The standard InChI is InChI=1S/C13H18ClFN2O.ClH/c1-3-13(4-2,8-16)17-12(18)9-6-5-7-10(14)11(9)15;/h5-7H,3-4,8,16H2,1-2H3,(H,17,18);1H. The van der Waals surface area contributed by atoms with Crippen molar-refractivity contribution in [2.75, 3.05) is 6.54 Å². The third kappa shape index (κ3) is 4.06. The monoisotopic (exact) mass is 308 g/mol. The largest absolute Gasteiger partial charge is 0.345 e. The minimum Gasteiger partial charge on any atom is -0.345 e. The van der Waals surface area contributed by atoms with E-state index in [1.54, 1.807) is 6.07 Å². The summed E-state index contributed by atoms with van der Waals surface area (Å²) < 4.78 is 13.7. The predicted molar refractivity (Wildman–Crippen MR) is 78.5 cm³/mol. The molecule has 0 aliphatic carbocycles. The normalized spacial score (nSPS) is 10.8. The van der Waals surface area contributed by atoms with Crippen molar-refractivity contribution in [2.45, 2.75) is 32.2 Å². The van der Waals surface area contributed by atoms with E-state index in [9.17, 15) is 9.18 Å². The second kappa shape index (κ2) is 7.68. The first-order valence-corrected chi connectivity index (χ1v) is 6.34. The summed E-state index contributed by atoms with van der Waals surface area (Å²) in [6.45, 7) is 4.18. The van der Waals surface area contributed by atoms with E-state index < -0.39 is 17.3 Å². The number of amides is 1. The highest BCUT2D eigenvalue weighted by atomic mass is 35.5. The Morgan fingerprint density at radius 3 is 2.47 bits per heavy atom. The Bertz CT molecular complexity index is 428. The van der Waals surface area contributed by atoms with Crippen LogP contribution in [0.5, 0.6) is 0 Å². The molecular formula is C13H19Cl2FN2O. The van der Waals surface area contributed by atoms with Crippen molar-refractivity contribution >= 4 is 29.9 Å². The fourth-order valence-corrected chi connectivity index (χ4v) is 1.93. The smallest absolute Gasteiger partial charge is 0.254 e. The molecule has 0 saturated heterocycles. The zero-order valence-electron chi connectivity index (χ0n) is 11.0. The molecule has 0 fully saturated rings. The summed E-state index contributed by atoms with van der Waals surface area (Å²) in [5.74, 6) is -1.18. The van der Waals surface area contributed by atoms with Gasteiger partial charge in [-0.15, -0.1) is 12.4 Å². The molecule has 0 unspecified atom stereocenters. The number of hydrogen-bond acceptors (Lipinski definition) is 2. The average Bonchev–Trinajstić information content (AvgIpc) is 2.39. The highest BCUT2D eigenvalue weighted by molar-refractivity contribution is 6.31. The number of benzene rings is 1. The Labute approximate surface area is 124 Å². The number of nitrogens with one attached hydrogen (secondary N) is 1. The van der Waals surface area contributed by atoms with Crippen molar-refractivity contribution in [3.05, 3.63) is 34.6 Å². The molecule has 0 spiro atoms. The van der Waals surface area contributed by atoms with Gasteiger partial charge in [0.05, 0.1) is 16.1 Å². The molecule has 0 bridgehead atoms. The second-order valence-electron chi connectivity index (χ2n) is 4.25. The van der Waals surface area contributed by atoms with E-state index in [4.69, 9.17) is 17.3 Å². The number of rotatable bonds is 5. The maximum Gasteiger partial charge on any atom is 0.254 e. The average molecular weight is 309 g/mol. The van der Waals surface area contributed by atoms with Gasteiger partial charge in [-0.05, 0) is 25.0 Å². The number of halogens is 3. The minimum absolute atomic E-state index is 0. The van der Waals surface area contributed by atoms with Gasteiger partial charge in [0.1, 0.15) is 0 Å². The summed E-state index contributed by atoms with van der Waals surface area (Å²) >= 11 is 5.65. The van der Waals surface area contributed by atoms with Gasteiger partial charge in [0.2, 0.25) is 0 Å². The second-order valence-corrected chi connectivity index (χ2v) is 4.65. The first kappa shape index (κ1) is 18.2. The van der Waals surface area contributed by atoms with Gasteiger partial charge in [0.15, 0.2) is 5.82 Å². The number of nitrogens with two attached hydrogens (primary N) is 1. The van der Waals surface area contributed by atoms with Crippen molar-refractivity contribution in [1.82, 2.24) is 5.32 Å². The summed E-state index contributed by atoms with van der Waals surface area (Å²) in [5, 5.41) is 2.74. The number of carbonyl (C=O) groups is 1. The molecule has 0 saturated carbocycles. The van der Waals surface area contributed by atoms with Crippen LogP contribution in [-0.2, 0) is 0 Å². The molecule has 108 valence electrons. The molecule has 1 aromatic rings. The zero-order chi connectivity index (χ0) is 13.8. The maximum absolute atomic E-state index is 13.7. The van der Waals surface area contributed by atoms with Crippen molar-refractivity contribution in [1.29, 1.82) is 0 Å². The predicted octanol–water partition coefficient (Wildman–Crippen LogP) is 3.15. The third-order valence-corrected chi connectivity index (χ3v) is 3.61. The van der Waals surface area contributed by atoms with E-state index in [0.717, 1.165) is 0 Å². The summed E-state index contributed by atoms with van der Waals surface area (Å²) in [6, 6.07) is 4.36. The molecule has 0 atom stereocenters. The quantitative estimate of drug-likeness (QED) is 0.878. The molecule has 0 aromatic heterocycles. The molecule has 6 heteroatoms. The van der Waals surface area contributed by atoms with E-state index >= 15 is 0 Å². The van der Waals surface area contributed by atoms with Gasteiger partial charge in [-0.3, -0.25) is 4.79 Å². The summed E-state index contributed by atoms with van der Waals surface area (Å²) in [5.41, 5.74) is 5.14. The van der Waals surface area contributed by atoms with Gasteiger partial charge in [-0.1, -0.05) is 31.5 Å². The molecule has 3 N–H and O–H groups in total. The molecule has 0 aliphatic heterocycles. The SMILES string of the molecule is CCC(CC)(CN)NC(=O)c1cccc(Cl)c1F.Cl. The first-order valence-electron chi connectivity index (χ1n) is 5.96. The van der Waals surface area contributed by atoms with E-state index in [2.05, 4.69) is 5.32 Å². The lowest BCUT2D eigenvalue weighted by Crippen LogP contribution is -2.53. The Balaban J connectivity index is 0.00000324. The fraction of sp³-hybridized carbons (Fsp3) is 0.462. The van der Waals surface area contributed by atoms with Crippen LogP contribution in [0.1, 0.15) is 37.0 Å². The van der Waals surface area contributed by atoms with Crippen LogP contribution in [0.3, 0.4) is 0 Å². The van der Waals surface area contributed by atoms with Gasteiger partial charge >= 0.3 is 0 Å². The fourth-order valence-electron chi connectivity index (χ4n) is 1.75. The lowest BCUT2D eigenvalue weighted by Gasteiger charge is -2.31. The molecular weight excluding hydrogens is 290 g/mol. The van der Waals surface area contributed by atoms with Crippen LogP contribution in [0.25, 0.3) is 0 Å². The lowest BCUT2D eigenvalue weighted by atomic mass is 9.92. The molecule has 1 amide bonds. The van der Waals surface area contributed by atoms with Crippen LogP contribution in [-0.4, -0.2) is 18.0 Å². The highest BCUT2D eigenvalue weighted by Gasteiger charge is 2.28. The summed E-state index contributed by atoms with van der Waals surface area (Å²) in [7, 11) is 0. The van der Waals surface area contributed by atoms with Crippen molar-refractivity contribution in [2.24, 2.45) is 5.73 Å². The van der Waals surface area contributed by atoms with Gasteiger partial charge in [-0.2, -0.15) is 0 Å². The Hall–Kier alpha value is -0.840. The first-order chi connectivity index (χ1) is 8.49. The zero-order valence-corrected chi connectivity index (χ0v) is 12.6. The molecule has 0 radical (unpaired) electrons. The van der Waals surface area contributed by atoms with E-state index in [0.29, 0.717) is 19.4 Å². The van der Waals surface area contributed by atoms with E-state index in [1.807, 2.05) is 13.8 Å². The highest BCUT2D eigenvalue weighted by Crippen LogP contribution is 2.20. The lowest BCUT2D eigenvalue weighted by molar-refractivity contribution is 0.0891. The van der Waals surface area contributed by atoms with Crippen molar-refractivity contribution < 1.29 is 9.18 Å². The van der Waals surface area contributed by atoms with Gasteiger partial charge in [-0.25, -0.2) is 4.39 Å². The molecule has 19 heavy (non-hydrogen) atoms. The number of hydrogen-bond donors (Lipinski definition) is 2. The van der Waals surface area contributed by atoms with Gasteiger partial charge in [0.25, 0.3) is 5.91 Å². The van der Waals surface area contributed by atoms with Crippen LogP contribution >= 0.6 is 24.0 Å². The van der Waals surface area contributed by atoms with Crippen LogP contribution in [0.2, 0.25) is 5.02 Å². The van der Waals surface area contributed by atoms with Crippen LogP contribution < -0.4 is 11.1 Å².